The number of hydrogen-bond acceptors (Lipinski definition) is 5. The smallest absolute Gasteiger partial charge is 0.333 e. The van der Waals surface area contributed by atoms with Gasteiger partial charge in [0.1, 0.15) is 5.60 Å². The van der Waals surface area contributed by atoms with Crippen LogP contribution in [0, 0.1) is 0 Å². The number of ether oxygens (including phenoxy) is 1. The molecule has 0 aliphatic heterocycles. The summed E-state index contributed by atoms with van der Waals surface area (Å²) in [4.78, 5) is 28.3. The monoisotopic (exact) mass is 324 g/mol. The molecule has 0 saturated heterocycles. The Morgan fingerprint density at radius 1 is 1.41 bits per heavy atom. The normalized spacial score (nSPS) is 12.1. The molecule has 6 heteroatoms. The molecule has 0 spiro atoms. The van der Waals surface area contributed by atoms with Gasteiger partial charge in [-0.1, -0.05) is 18.3 Å². The van der Waals surface area contributed by atoms with Crippen LogP contribution in [0.1, 0.15) is 41.0 Å². The zero-order valence-electron chi connectivity index (χ0n) is 14.1. The lowest BCUT2D eigenvalue weighted by Crippen LogP contribution is -2.44. The molecule has 0 unspecified atom stereocenters. The first-order valence-electron chi connectivity index (χ1n) is 7.01. The average Bonchev–Trinajstić information content (AvgIpc) is 2.35. The van der Waals surface area contributed by atoms with Gasteiger partial charge in [-0.25, -0.2) is 9.78 Å². The van der Waals surface area contributed by atoms with Crippen LogP contribution in [-0.4, -0.2) is 27.4 Å². The van der Waals surface area contributed by atoms with Crippen LogP contribution in [0.3, 0.4) is 0 Å². The van der Waals surface area contributed by atoms with E-state index in [1.54, 1.807) is 11.5 Å². The predicted octanol–water partition coefficient (Wildman–Crippen LogP) is 2.99. The molecule has 22 heavy (non-hydrogen) atoms. The summed E-state index contributed by atoms with van der Waals surface area (Å²) in [6, 6.07) is 1.44. The van der Waals surface area contributed by atoms with E-state index in [1.807, 2.05) is 34.0 Å². The fourth-order valence-electron chi connectivity index (χ4n) is 2.59. The Labute approximate surface area is 135 Å². The van der Waals surface area contributed by atoms with Crippen molar-refractivity contribution in [1.82, 2.24) is 9.55 Å². The highest BCUT2D eigenvalue weighted by atomic mass is 32.2. The summed E-state index contributed by atoms with van der Waals surface area (Å²) >= 11 is 1.41. The molecular weight excluding hydrogens is 300 g/mol. The first-order chi connectivity index (χ1) is 10.00. The van der Waals surface area contributed by atoms with Gasteiger partial charge in [-0.2, -0.15) is 0 Å². The molecule has 0 amide bonds. The van der Waals surface area contributed by atoms with Gasteiger partial charge in [0.25, 0.3) is 5.56 Å². The second kappa shape index (κ2) is 6.69. The van der Waals surface area contributed by atoms with E-state index >= 15 is 0 Å². The van der Waals surface area contributed by atoms with Gasteiger partial charge in [0.15, 0.2) is 5.16 Å². The van der Waals surface area contributed by atoms with Gasteiger partial charge >= 0.3 is 5.97 Å². The largest absolute Gasteiger partial charge is 0.456 e. The average molecular weight is 324 g/mol. The molecule has 0 fully saturated rings. The third kappa shape index (κ3) is 4.47. The van der Waals surface area contributed by atoms with E-state index in [0.717, 1.165) is 0 Å². The Balaban J connectivity index is 3.13. The topological polar surface area (TPSA) is 61.2 Å². The molecule has 0 radical (unpaired) electrons. The molecule has 5 nitrogen and oxygen atoms in total. The Morgan fingerprint density at radius 2 is 2.00 bits per heavy atom. The molecule has 0 N–H and O–H groups in total. The highest BCUT2D eigenvalue weighted by molar-refractivity contribution is 7.98. The summed E-state index contributed by atoms with van der Waals surface area (Å²) < 4.78 is 7.14. The zero-order chi connectivity index (χ0) is 17.1. The molecule has 0 aliphatic rings. The number of carbonyl (C=O) groups excluding carboxylic acids is 1. The Morgan fingerprint density at radius 3 is 2.50 bits per heavy atom. The Kier molecular flexibility index (Phi) is 5.62. The van der Waals surface area contributed by atoms with Crippen LogP contribution in [0.15, 0.2) is 34.4 Å². The van der Waals surface area contributed by atoms with Crippen molar-refractivity contribution < 1.29 is 9.53 Å². The SMILES string of the molecule is C=C(C)C(=O)OC(C)(C)CC(C)(C)n1c(SC)nccc1=O. The Bertz CT molecular complexity index is 633. The van der Waals surface area contributed by atoms with Crippen molar-refractivity contribution in [2.24, 2.45) is 0 Å². The van der Waals surface area contributed by atoms with Crippen LogP contribution in [0.2, 0.25) is 0 Å². The number of nitrogens with zero attached hydrogens (tertiary/aromatic N) is 2. The minimum atomic E-state index is -0.732. The molecule has 0 atom stereocenters. The first-order valence-corrected chi connectivity index (χ1v) is 8.24. The fraction of sp³-hybridized carbons (Fsp3) is 0.562. The van der Waals surface area contributed by atoms with Crippen LogP contribution in [0.25, 0.3) is 0 Å². The molecule has 1 rings (SSSR count). The molecule has 0 bridgehead atoms. The summed E-state index contributed by atoms with van der Waals surface area (Å²) in [7, 11) is 0. The summed E-state index contributed by atoms with van der Waals surface area (Å²) in [6.45, 7) is 12.7. The maximum atomic E-state index is 12.2. The lowest BCUT2D eigenvalue weighted by molar-refractivity contribution is -0.153. The van der Waals surface area contributed by atoms with E-state index < -0.39 is 17.1 Å². The van der Waals surface area contributed by atoms with Crippen LogP contribution in [0.4, 0.5) is 0 Å². The zero-order valence-corrected chi connectivity index (χ0v) is 14.9. The number of thioether (sulfide) groups is 1. The van der Waals surface area contributed by atoms with E-state index in [-0.39, 0.29) is 5.56 Å². The Hall–Kier alpha value is -1.56. The van der Waals surface area contributed by atoms with E-state index in [2.05, 4.69) is 11.6 Å². The van der Waals surface area contributed by atoms with Crippen molar-refractivity contribution in [1.29, 1.82) is 0 Å². The molecule has 1 aromatic heterocycles. The lowest BCUT2D eigenvalue weighted by atomic mass is 9.89. The van der Waals surface area contributed by atoms with E-state index in [1.165, 1.54) is 24.0 Å². The second-order valence-electron chi connectivity index (χ2n) is 6.52. The summed E-state index contributed by atoms with van der Waals surface area (Å²) in [5.41, 5.74) is -1.05. The molecular formula is C16H24N2O3S. The summed E-state index contributed by atoms with van der Waals surface area (Å²) in [6.07, 6.45) is 3.85. The lowest BCUT2D eigenvalue weighted by Gasteiger charge is -2.36. The van der Waals surface area contributed by atoms with Gasteiger partial charge in [-0.3, -0.25) is 9.36 Å². The first kappa shape index (κ1) is 18.5. The number of aromatic nitrogens is 2. The third-order valence-electron chi connectivity index (χ3n) is 3.18. The van der Waals surface area contributed by atoms with Gasteiger partial charge in [0, 0.05) is 29.8 Å². The van der Waals surface area contributed by atoms with Crippen LogP contribution in [0.5, 0.6) is 0 Å². The van der Waals surface area contributed by atoms with Gasteiger partial charge in [0.05, 0.1) is 0 Å². The fourth-order valence-corrected chi connectivity index (χ4v) is 3.27. The predicted molar refractivity (Wildman–Crippen MR) is 89.2 cm³/mol. The quantitative estimate of drug-likeness (QED) is 0.348. The minimum Gasteiger partial charge on any atom is -0.456 e. The van der Waals surface area contributed by atoms with E-state index in [9.17, 15) is 9.59 Å². The maximum absolute atomic E-state index is 12.2. The number of rotatable bonds is 6. The van der Waals surface area contributed by atoms with Crippen molar-refractivity contribution in [3.63, 3.8) is 0 Å². The van der Waals surface area contributed by atoms with Gasteiger partial charge < -0.3 is 4.74 Å². The molecule has 1 aromatic rings. The summed E-state index contributed by atoms with van der Waals surface area (Å²) in [5, 5.41) is 0.638. The molecule has 0 aromatic carbocycles. The van der Waals surface area contributed by atoms with Gasteiger partial charge in [-0.15, -0.1) is 0 Å². The number of esters is 1. The minimum absolute atomic E-state index is 0.119. The van der Waals surface area contributed by atoms with Crippen molar-refractivity contribution in [2.45, 2.75) is 57.3 Å². The number of carbonyl (C=O) groups is 1. The van der Waals surface area contributed by atoms with Crippen molar-refractivity contribution in [2.75, 3.05) is 6.26 Å². The standard InChI is InChI=1S/C16H24N2O3S/c1-11(2)13(20)21-16(5,6)10-15(3,4)18-12(19)8-9-17-14(18)22-7/h8-9H,1,10H2,2-7H3. The van der Waals surface area contributed by atoms with Gasteiger partial charge in [-0.05, 0) is 40.9 Å². The van der Waals surface area contributed by atoms with Crippen molar-refractivity contribution in [3.05, 3.63) is 34.8 Å². The third-order valence-corrected chi connectivity index (χ3v) is 3.83. The van der Waals surface area contributed by atoms with E-state index in [4.69, 9.17) is 4.74 Å². The molecule has 122 valence electrons. The summed E-state index contributed by atoms with van der Waals surface area (Å²) in [5.74, 6) is -0.426. The van der Waals surface area contributed by atoms with Crippen LogP contribution >= 0.6 is 11.8 Å². The molecule has 0 aliphatic carbocycles. The van der Waals surface area contributed by atoms with Crippen molar-refractivity contribution >= 4 is 17.7 Å². The second-order valence-corrected chi connectivity index (χ2v) is 7.30. The van der Waals surface area contributed by atoms with Crippen LogP contribution in [-0.2, 0) is 15.1 Å². The van der Waals surface area contributed by atoms with Gasteiger partial charge in [0.2, 0.25) is 0 Å². The molecule has 1 heterocycles. The van der Waals surface area contributed by atoms with E-state index in [0.29, 0.717) is 17.2 Å². The molecule has 0 saturated carbocycles. The maximum Gasteiger partial charge on any atom is 0.333 e. The number of hydrogen-bond donors (Lipinski definition) is 0. The highest BCUT2D eigenvalue weighted by Crippen LogP contribution is 2.31. The highest BCUT2D eigenvalue weighted by Gasteiger charge is 2.35. The van der Waals surface area contributed by atoms with Crippen molar-refractivity contribution in [3.8, 4) is 0 Å². The van der Waals surface area contributed by atoms with Crippen LogP contribution < -0.4 is 5.56 Å².